The Hall–Kier alpha value is -1.03. The van der Waals surface area contributed by atoms with E-state index in [1.54, 1.807) is 6.20 Å². The summed E-state index contributed by atoms with van der Waals surface area (Å²) < 4.78 is 28.4. The van der Waals surface area contributed by atoms with Crippen molar-refractivity contribution in [1.29, 1.82) is 0 Å². The number of hydrogen-bond donors (Lipinski definition) is 2. The molecule has 0 aromatic carbocycles. The van der Waals surface area contributed by atoms with E-state index in [1.807, 2.05) is 0 Å². The first-order valence-electron chi connectivity index (χ1n) is 5.22. The molecule has 17 heavy (non-hydrogen) atoms. The van der Waals surface area contributed by atoms with E-state index >= 15 is 0 Å². The topological polar surface area (TPSA) is 100 Å². The fraction of sp³-hybridized carbons (Fsp3) is 0.750. The summed E-state index contributed by atoms with van der Waals surface area (Å²) in [5.41, 5.74) is 0. The first-order chi connectivity index (χ1) is 8.06. The van der Waals surface area contributed by atoms with Crippen molar-refractivity contribution >= 4 is 10.2 Å². The van der Waals surface area contributed by atoms with Crippen LogP contribution in [0.2, 0.25) is 0 Å². The standard InChI is InChI=1S/C8H17N5O3S/c1-12(5-2-8-14)17(15,16)10-4-7-13-6-3-9-11-13/h3,6,10,14H,2,4-5,7-8H2,1H3. The Morgan fingerprint density at radius 3 is 2.88 bits per heavy atom. The average molecular weight is 263 g/mol. The zero-order chi connectivity index (χ0) is 12.7. The van der Waals surface area contributed by atoms with Crippen LogP contribution in [0.15, 0.2) is 12.4 Å². The number of nitrogens with one attached hydrogen (secondary N) is 1. The fourth-order valence-electron chi connectivity index (χ4n) is 1.16. The number of hydrogen-bond acceptors (Lipinski definition) is 5. The maximum absolute atomic E-state index is 11.7. The van der Waals surface area contributed by atoms with Crippen LogP contribution < -0.4 is 4.72 Å². The summed E-state index contributed by atoms with van der Waals surface area (Å²) in [5.74, 6) is 0. The fourth-order valence-corrected chi connectivity index (χ4v) is 2.10. The third-order valence-electron chi connectivity index (χ3n) is 2.14. The van der Waals surface area contributed by atoms with Gasteiger partial charge in [0.1, 0.15) is 0 Å². The van der Waals surface area contributed by atoms with Gasteiger partial charge in [-0.1, -0.05) is 5.21 Å². The normalized spacial score (nSPS) is 12.2. The highest BCUT2D eigenvalue weighted by molar-refractivity contribution is 7.87. The summed E-state index contributed by atoms with van der Waals surface area (Å²) in [7, 11) is -2.01. The van der Waals surface area contributed by atoms with Crippen LogP contribution in [0.25, 0.3) is 0 Å². The number of aliphatic hydroxyl groups excluding tert-OH is 1. The van der Waals surface area contributed by atoms with E-state index in [4.69, 9.17) is 5.11 Å². The Balaban J connectivity index is 2.33. The third kappa shape index (κ3) is 4.77. The molecule has 1 heterocycles. The molecule has 1 aromatic heterocycles. The molecule has 98 valence electrons. The van der Waals surface area contributed by atoms with E-state index in [0.29, 0.717) is 13.0 Å². The second-order valence-electron chi connectivity index (χ2n) is 3.46. The average Bonchev–Trinajstić information content (AvgIpc) is 2.78. The molecule has 9 heteroatoms. The largest absolute Gasteiger partial charge is 0.396 e. The van der Waals surface area contributed by atoms with E-state index in [9.17, 15) is 8.42 Å². The minimum absolute atomic E-state index is 0.0290. The smallest absolute Gasteiger partial charge is 0.279 e. The maximum atomic E-state index is 11.7. The Morgan fingerprint density at radius 1 is 1.53 bits per heavy atom. The molecule has 0 saturated carbocycles. The summed E-state index contributed by atoms with van der Waals surface area (Å²) in [4.78, 5) is 0. The number of nitrogens with zero attached hydrogens (tertiary/aromatic N) is 4. The van der Waals surface area contributed by atoms with Crippen molar-refractivity contribution in [3.63, 3.8) is 0 Å². The predicted molar refractivity (Wildman–Crippen MR) is 61.3 cm³/mol. The Bertz CT molecular complexity index is 405. The van der Waals surface area contributed by atoms with Gasteiger partial charge in [0.25, 0.3) is 10.2 Å². The van der Waals surface area contributed by atoms with Gasteiger partial charge in [0.15, 0.2) is 0 Å². The zero-order valence-corrected chi connectivity index (χ0v) is 10.5. The Kier molecular flexibility index (Phi) is 5.48. The molecular weight excluding hydrogens is 246 g/mol. The molecular formula is C8H17N5O3S. The van der Waals surface area contributed by atoms with E-state index < -0.39 is 10.2 Å². The summed E-state index contributed by atoms with van der Waals surface area (Å²) >= 11 is 0. The maximum Gasteiger partial charge on any atom is 0.279 e. The summed E-state index contributed by atoms with van der Waals surface area (Å²) in [6, 6.07) is 0. The number of rotatable bonds is 8. The second-order valence-corrected chi connectivity index (χ2v) is 5.33. The van der Waals surface area contributed by atoms with Gasteiger partial charge in [0.2, 0.25) is 0 Å². The number of aliphatic hydroxyl groups is 1. The molecule has 0 unspecified atom stereocenters. The SMILES string of the molecule is CN(CCCO)S(=O)(=O)NCCn1ccnn1. The lowest BCUT2D eigenvalue weighted by Crippen LogP contribution is -2.40. The van der Waals surface area contributed by atoms with Crippen LogP contribution in [-0.2, 0) is 16.8 Å². The highest BCUT2D eigenvalue weighted by Crippen LogP contribution is 1.95. The van der Waals surface area contributed by atoms with Gasteiger partial charge < -0.3 is 5.11 Å². The molecule has 1 rings (SSSR count). The molecule has 0 aliphatic carbocycles. The van der Waals surface area contributed by atoms with Gasteiger partial charge in [-0.3, -0.25) is 4.68 Å². The molecule has 0 amide bonds. The van der Waals surface area contributed by atoms with E-state index in [2.05, 4.69) is 15.0 Å². The lowest BCUT2D eigenvalue weighted by molar-refractivity contribution is 0.275. The Labute approximate surface area is 100 Å². The van der Waals surface area contributed by atoms with Gasteiger partial charge in [-0.25, -0.2) is 4.72 Å². The van der Waals surface area contributed by atoms with E-state index in [0.717, 1.165) is 0 Å². The molecule has 0 bridgehead atoms. The van der Waals surface area contributed by atoms with Gasteiger partial charge in [-0.2, -0.15) is 12.7 Å². The predicted octanol–water partition coefficient (Wildman–Crippen LogP) is -1.57. The lowest BCUT2D eigenvalue weighted by atomic mass is 10.5. The van der Waals surface area contributed by atoms with E-state index in [-0.39, 0.29) is 19.7 Å². The lowest BCUT2D eigenvalue weighted by Gasteiger charge is -2.16. The minimum atomic E-state index is -3.48. The highest BCUT2D eigenvalue weighted by Gasteiger charge is 2.15. The molecule has 1 aromatic rings. The van der Waals surface area contributed by atoms with Crippen LogP contribution in [-0.4, -0.2) is 59.6 Å². The molecule has 2 N–H and O–H groups in total. The molecule has 0 aliphatic rings. The number of aromatic nitrogens is 3. The molecule has 0 aliphatic heterocycles. The summed E-state index contributed by atoms with van der Waals surface area (Å²) in [6.07, 6.45) is 3.60. The quantitative estimate of drug-likeness (QED) is 0.590. The van der Waals surface area contributed by atoms with Crippen molar-refractivity contribution < 1.29 is 13.5 Å². The first kappa shape index (κ1) is 14.0. The van der Waals surface area contributed by atoms with Crippen LogP contribution in [0, 0.1) is 0 Å². The van der Waals surface area contributed by atoms with E-state index in [1.165, 1.54) is 22.2 Å². The van der Waals surface area contributed by atoms with Crippen molar-refractivity contribution in [2.24, 2.45) is 0 Å². The van der Waals surface area contributed by atoms with Crippen molar-refractivity contribution in [2.75, 3.05) is 26.7 Å². The van der Waals surface area contributed by atoms with Gasteiger partial charge >= 0.3 is 0 Å². The van der Waals surface area contributed by atoms with Gasteiger partial charge in [-0.05, 0) is 6.42 Å². The van der Waals surface area contributed by atoms with Gasteiger partial charge in [0.05, 0.1) is 12.7 Å². The monoisotopic (exact) mass is 263 g/mol. The molecule has 0 radical (unpaired) electrons. The van der Waals surface area contributed by atoms with Crippen molar-refractivity contribution in [3.8, 4) is 0 Å². The third-order valence-corrected chi connectivity index (χ3v) is 3.71. The minimum Gasteiger partial charge on any atom is -0.396 e. The van der Waals surface area contributed by atoms with Crippen molar-refractivity contribution in [3.05, 3.63) is 12.4 Å². The van der Waals surface area contributed by atoms with Crippen LogP contribution in [0.4, 0.5) is 0 Å². The summed E-state index contributed by atoms with van der Waals surface area (Å²) in [6.45, 7) is 0.927. The zero-order valence-electron chi connectivity index (χ0n) is 9.65. The van der Waals surface area contributed by atoms with Crippen LogP contribution in [0.3, 0.4) is 0 Å². The van der Waals surface area contributed by atoms with Crippen LogP contribution >= 0.6 is 0 Å². The Morgan fingerprint density at radius 2 is 2.29 bits per heavy atom. The molecule has 0 saturated heterocycles. The molecule has 0 spiro atoms. The van der Waals surface area contributed by atoms with Crippen molar-refractivity contribution in [1.82, 2.24) is 24.0 Å². The summed E-state index contributed by atoms with van der Waals surface area (Å²) in [5, 5.41) is 15.9. The first-order valence-corrected chi connectivity index (χ1v) is 6.66. The molecule has 0 atom stereocenters. The van der Waals surface area contributed by atoms with Crippen molar-refractivity contribution in [2.45, 2.75) is 13.0 Å². The van der Waals surface area contributed by atoms with Crippen LogP contribution in [0.1, 0.15) is 6.42 Å². The molecule has 0 fully saturated rings. The van der Waals surface area contributed by atoms with Crippen LogP contribution in [0.5, 0.6) is 0 Å². The van der Waals surface area contributed by atoms with Gasteiger partial charge in [-0.15, -0.1) is 5.10 Å². The highest BCUT2D eigenvalue weighted by atomic mass is 32.2. The molecule has 8 nitrogen and oxygen atoms in total. The second kappa shape index (κ2) is 6.64. The van der Waals surface area contributed by atoms with Gasteiger partial charge in [0, 0.05) is 32.9 Å².